The molecule has 13 heavy (non-hydrogen) atoms. The molecule has 2 atom stereocenters. The van der Waals surface area contributed by atoms with Gasteiger partial charge in [0.15, 0.2) is 0 Å². The molecule has 2 unspecified atom stereocenters. The first-order chi connectivity index (χ1) is 6.01. The maximum atomic E-state index is 5.75. The number of nitrogens with one attached hydrogen (secondary N) is 1. The summed E-state index contributed by atoms with van der Waals surface area (Å²) in [6, 6.07) is 0.206. The third-order valence-corrected chi connectivity index (χ3v) is 2.68. The number of hydrazine groups is 1. The van der Waals surface area contributed by atoms with Crippen LogP contribution in [0.2, 0.25) is 0 Å². The maximum Gasteiger partial charge on any atom is 0.0819 e. The van der Waals surface area contributed by atoms with Gasteiger partial charge >= 0.3 is 0 Å². The van der Waals surface area contributed by atoms with Crippen molar-refractivity contribution < 1.29 is 4.74 Å². The molecular formula is C10H24N2O. The number of hydrogen-bond acceptors (Lipinski definition) is 3. The molecule has 0 amide bonds. The van der Waals surface area contributed by atoms with E-state index in [4.69, 9.17) is 10.6 Å². The summed E-state index contributed by atoms with van der Waals surface area (Å²) in [5, 5.41) is 0. The minimum Gasteiger partial charge on any atom is -0.374 e. The molecule has 80 valence electrons. The van der Waals surface area contributed by atoms with Crippen molar-refractivity contribution in [2.45, 2.75) is 52.7 Å². The van der Waals surface area contributed by atoms with Crippen LogP contribution in [0.4, 0.5) is 0 Å². The second-order valence-corrected chi connectivity index (χ2v) is 3.99. The molecule has 3 heteroatoms. The zero-order valence-electron chi connectivity index (χ0n) is 9.55. The Balaban J connectivity index is 4.48. The monoisotopic (exact) mass is 188 g/mol. The zero-order chi connectivity index (χ0) is 10.5. The van der Waals surface area contributed by atoms with E-state index in [0.29, 0.717) is 5.92 Å². The predicted octanol–water partition coefficient (Wildman–Crippen LogP) is 1.68. The van der Waals surface area contributed by atoms with E-state index in [9.17, 15) is 0 Å². The van der Waals surface area contributed by atoms with Gasteiger partial charge in [-0.05, 0) is 26.2 Å². The summed E-state index contributed by atoms with van der Waals surface area (Å²) in [6.07, 6.45) is 0.966. The standard InChI is InChI=1S/C10H24N2O/c1-6-10(5,13-7-2)9(12-11)8(3)4/h8-9,12H,6-7,11H2,1-5H3. The van der Waals surface area contributed by atoms with Crippen molar-refractivity contribution in [2.24, 2.45) is 11.8 Å². The molecule has 0 aromatic carbocycles. The van der Waals surface area contributed by atoms with Crippen molar-refractivity contribution in [3.63, 3.8) is 0 Å². The minimum absolute atomic E-state index is 0.155. The fourth-order valence-corrected chi connectivity index (χ4v) is 1.82. The van der Waals surface area contributed by atoms with Crippen LogP contribution in [0.15, 0.2) is 0 Å². The normalized spacial score (nSPS) is 18.7. The summed E-state index contributed by atoms with van der Waals surface area (Å²) in [5.41, 5.74) is 2.70. The van der Waals surface area contributed by atoms with Crippen LogP contribution in [0.3, 0.4) is 0 Å². The smallest absolute Gasteiger partial charge is 0.0819 e. The number of nitrogens with two attached hydrogens (primary N) is 1. The quantitative estimate of drug-likeness (QED) is 0.492. The lowest BCUT2D eigenvalue weighted by molar-refractivity contribution is -0.0658. The molecule has 0 saturated heterocycles. The molecule has 0 aliphatic heterocycles. The fraction of sp³-hybridized carbons (Fsp3) is 1.00. The summed E-state index contributed by atoms with van der Waals surface area (Å²) >= 11 is 0. The van der Waals surface area contributed by atoms with E-state index < -0.39 is 0 Å². The molecule has 0 heterocycles. The Morgan fingerprint density at radius 2 is 1.92 bits per heavy atom. The largest absolute Gasteiger partial charge is 0.374 e. The van der Waals surface area contributed by atoms with Gasteiger partial charge in [0.2, 0.25) is 0 Å². The molecule has 0 radical (unpaired) electrons. The predicted molar refractivity (Wildman–Crippen MR) is 56.3 cm³/mol. The topological polar surface area (TPSA) is 47.3 Å². The van der Waals surface area contributed by atoms with Crippen molar-refractivity contribution >= 4 is 0 Å². The molecule has 0 spiro atoms. The molecule has 3 nitrogen and oxygen atoms in total. The molecule has 0 rings (SSSR count). The minimum atomic E-state index is -0.155. The van der Waals surface area contributed by atoms with E-state index in [1.54, 1.807) is 0 Å². The SMILES string of the molecule is CCOC(C)(CC)C(NN)C(C)C. The lowest BCUT2D eigenvalue weighted by Crippen LogP contribution is -2.55. The zero-order valence-corrected chi connectivity index (χ0v) is 9.55. The summed E-state index contributed by atoms with van der Waals surface area (Å²) in [7, 11) is 0. The first kappa shape index (κ1) is 12.9. The van der Waals surface area contributed by atoms with Crippen LogP contribution < -0.4 is 11.3 Å². The number of ether oxygens (including phenoxy) is 1. The van der Waals surface area contributed by atoms with E-state index >= 15 is 0 Å². The van der Waals surface area contributed by atoms with Crippen LogP contribution in [-0.2, 0) is 4.74 Å². The third-order valence-electron chi connectivity index (χ3n) is 2.68. The van der Waals surface area contributed by atoms with Crippen molar-refractivity contribution in [2.75, 3.05) is 6.61 Å². The molecule has 0 aromatic heterocycles. The van der Waals surface area contributed by atoms with E-state index in [1.807, 2.05) is 6.92 Å². The summed E-state index contributed by atoms with van der Waals surface area (Å²) < 4.78 is 5.75. The van der Waals surface area contributed by atoms with Gasteiger partial charge in [-0.15, -0.1) is 0 Å². The van der Waals surface area contributed by atoms with Crippen LogP contribution in [-0.4, -0.2) is 18.2 Å². The Bertz CT molecular complexity index is 139. The highest BCUT2D eigenvalue weighted by atomic mass is 16.5. The van der Waals surface area contributed by atoms with Crippen LogP contribution >= 0.6 is 0 Å². The van der Waals surface area contributed by atoms with Crippen LogP contribution in [0.5, 0.6) is 0 Å². The highest BCUT2D eigenvalue weighted by molar-refractivity contribution is 4.89. The van der Waals surface area contributed by atoms with Gasteiger partial charge in [-0.1, -0.05) is 20.8 Å². The molecule has 0 aromatic rings. The molecule has 3 N–H and O–H groups in total. The van der Waals surface area contributed by atoms with E-state index in [0.717, 1.165) is 13.0 Å². The Morgan fingerprint density at radius 3 is 2.15 bits per heavy atom. The lowest BCUT2D eigenvalue weighted by atomic mass is 9.86. The van der Waals surface area contributed by atoms with Crippen LogP contribution in [0.25, 0.3) is 0 Å². The number of hydrogen-bond donors (Lipinski definition) is 2. The van der Waals surface area contributed by atoms with E-state index in [1.165, 1.54) is 0 Å². The molecule has 0 saturated carbocycles. The van der Waals surface area contributed by atoms with Crippen molar-refractivity contribution in [1.29, 1.82) is 0 Å². The van der Waals surface area contributed by atoms with E-state index in [2.05, 4.69) is 33.1 Å². The van der Waals surface area contributed by atoms with Gasteiger partial charge in [0.25, 0.3) is 0 Å². The van der Waals surface area contributed by atoms with Gasteiger partial charge in [-0.25, -0.2) is 0 Å². The average molecular weight is 188 g/mol. The van der Waals surface area contributed by atoms with Gasteiger partial charge in [0.1, 0.15) is 0 Å². The average Bonchev–Trinajstić information content (AvgIpc) is 2.05. The van der Waals surface area contributed by atoms with Crippen molar-refractivity contribution in [1.82, 2.24) is 5.43 Å². The number of rotatable bonds is 6. The summed E-state index contributed by atoms with van der Waals surface area (Å²) in [4.78, 5) is 0. The van der Waals surface area contributed by atoms with Crippen molar-refractivity contribution in [3.05, 3.63) is 0 Å². The molecule has 0 aliphatic carbocycles. The Morgan fingerprint density at radius 1 is 1.38 bits per heavy atom. The van der Waals surface area contributed by atoms with Crippen LogP contribution in [0.1, 0.15) is 41.0 Å². The Hall–Kier alpha value is -0.120. The second kappa shape index (κ2) is 5.58. The van der Waals surface area contributed by atoms with Crippen molar-refractivity contribution in [3.8, 4) is 0 Å². The molecule has 0 fully saturated rings. The van der Waals surface area contributed by atoms with Gasteiger partial charge < -0.3 is 4.74 Å². The third kappa shape index (κ3) is 3.25. The van der Waals surface area contributed by atoms with Gasteiger partial charge in [-0.3, -0.25) is 11.3 Å². The molecule has 0 aliphatic rings. The second-order valence-electron chi connectivity index (χ2n) is 3.99. The fourth-order valence-electron chi connectivity index (χ4n) is 1.82. The Kier molecular flexibility index (Phi) is 5.53. The van der Waals surface area contributed by atoms with E-state index in [-0.39, 0.29) is 11.6 Å². The Labute approximate surface area is 82.0 Å². The molecular weight excluding hydrogens is 164 g/mol. The lowest BCUT2D eigenvalue weighted by Gasteiger charge is -2.38. The first-order valence-corrected chi connectivity index (χ1v) is 5.11. The highest BCUT2D eigenvalue weighted by Crippen LogP contribution is 2.24. The maximum absolute atomic E-state index is 5.75. The van der Waals surface area contributed by atoms with Gasteiger partial charge in [0, 0.05) is 6.61 Å². The summed E-state index contributed by atoms with van der Waals surface area (Å²) in [6.45, 7) is 11.3. The van der Waals surface area contributed by atoms with Gasteiger partial charge in [-0.2, -0.15) is 0 Å². The van der Waals surface area contributed by atoms with Crippen LogP contribution in [0, 0.1) is 5.92 Å². The highest BCUT2D eigenvalue weighted by Gasteiger charge is 2.34. The van der Waals surface area contributed by atoms with Gasteiger partial charge in [0.05, 0.1) is 11.6 Å². The first-order valence-electron chi connectivity index (χ1n) is 5.11. The summed E-state index contributed by atoms with van der Waals surface area (Å²) in [5.74, 6) is 6.01. The molecule has 0 bridgehead atoms.